The monoisotopic (exact) mass is 232 g/mol. The third-order valence-electron chi connectivity index (χ3n) is 3.72. The lowest BCUT2D eigenvalue weighted by Crippen LogP contribution is -2.23. The summed E-state index contributed by atoms with van der Waals surface area (Å²) in [5, 5.41) is 17.6. The molecule has 4 heteroatoms. The number of nitriles is 1. The van der Waals surface area contributed by atoms with E-state index in [1.54, 1.807) is 4.68 Å². The third-order valence-corrected chi connectivity index (χ3v) is 3.72. The highest BCUT2D eigenvalue weighted by molar-refractivity contribution is 5.08. The predicted molar refractivity (Wildman–Crippen MR) is 65.1 cm³/mol. The van der Waals surface area contributed by atoms with Gasteiger partial charge >= 0.3 is 0 Å². The van der Waals surface area contributed by atoms with Crippen LogP contribution in [-0.4, -0.2) is 15.0 Å². The molecule has 0 aromatic carbocycles. The Morgan fingerprint density at radius 1 is 1.29 bits per heavy atom. The highest BCUT2D eigenvalue weighted by Crippen LogP contribution is 2.36. The minimum Gasteiger partial charge on any atom is -0.255 e. The van der Waals surface area contributed by atoms with Crippen LogP contribution in [0.5, 0.6) is 0 Å². The fraction of sp³-hybridized carbons (Fsp3) is 0.769. The number of nitrogens with zero attached hydrogens (tertiary/aromatic N) is 4. The van der Waals surface area contributed by atoms with E-state index in [4.69, 9.17) is 0 Å². The van der Waals surface area contributed by atoms with Gasteiger partial charge in [-0.25, -0.2) is 0 Å². The minimum absolute atomic E-state index is 0.198. The van der Waals surface area contributed by atoms with Crippen molar-refractivity contribution in [3.05, 3.63) is 11.9 Å². The molecule has 1 aromatic rings. The van der Waals surface area contributed by atoms with Crippen LogP contribution in [0.3, 0.4) is 0 Å². The van der Waals surface area contributed by atoms with Crippen molar-refractivity contribution >= 4 is 0 Å². The Hall–Kier alpha value is -1.37. The zero-order valence-electron chi connectivity index (χ0n) is 10.5. The molecule has 0 radical (unpaired) electrons. The van der Waals surface area contributed by atoms with Crippen LogP contribution in [0.15, 0.2) is 6.20 Å². The van der Waals surface area contributed by atoms with Gasteiger partial charge in [-0.1, -0.05) is 37.3 Å². The van der Waals surface area contributed by atoms with Crippen LogP contribution in [-0.2, 0) is 13.5 Å². The first-order chi connectivity index (χ1) is 8.24. The lowest BCUT2D eigenvalue weighted by atomic mass is 9.74. The molecular weight excluding hydrogens is 212 g/mol. The molecule has 0 N–H and O–H groups in total. The zero-order valence-corrected chi connectivity index (χ0v) is 10.5. The minimum atomic E-state index is -0.198. The molecule has 1 aliphatic carbocycles. The molecule has 0 bridgehead atoms. The molecule has 1 heterocycles. The fourth-order valence-electron chi connectivity index (χ4n) is 2.73. The first kappa shape index (κ1) is 12.1. The molecule has 92 valence electrons. The van der Waals surface area contributed by atoms with E-state index < -0.39 is 0 Å². The van der Waals surface area contributed by atoms with E-state index in [-0.39, 0.29) is 5.41 Å². The molecule has 1 aromatic heterocycles. The van der Waals surface area contributed by atoms with Crippen LogP contribution in [0, 0.1) is 16.7 Å². The number of aromatic nitrogens is 3. The van der Waals surface area contributed by atoms with E-state index >= 15 is 0 Å². The summed E-state index contributed by atoms with van der Waals surface area (Å²) in [7, 11) is 1.87. The fourth-order valence-corrected chi connectivity index (χ4v) is 2.73. The smallest absolute Gasteiger partial charge is 0.0842 e. The lowest BCUT2D eigenvalue weighted by molar-refractivity contribution is 0.285. The van der Waals surface area contributed by atoms with Crippen molar-refractivity contribution in [2.45, 2.75) is 51.4 Å². The van der Waals surface area contributed by atoms with E-state index in [1.807, 2.05) is 13.2 Å². The summed E-state index contributed by atoms with van der Waals surface area (Å²) in [6.45, 7) is 0. The molecular formula is C13H20N4. The Labute approximate surface area is 103 Å². The van der Waals surface area contributed by atoms with Crippen molar-refractivity contribution in [1.82, 2.24) is 15.0 Å². The van der Waals surface area contributed by atoms with Crippen molar-refractivity contribution in [3.8, 4) is 6.07 Å². The van der Waals surface area contributed by atoms with Crippen LogP contribution >= 0.6 is 0 Å². The molecule has 0 unspecified atom stereocenters. The molecule has 0 atom stereocenters. The van der Waals surface area contributed by atoms with Crippen LogP contribution < -0.4 is 0 Å². The molecule has 0 amide bonds. The maximum Gasteiger partial charge on any atom is 0.0842 e. The molecule has 0 saturated heterocycles. The van der Waals surface area contributed by atoms with Gasteiger partial charge in [0, 0.05) is 19.7 Å². The molecule has 1 aliphatic rings. The number of hydrogen-bond donors (Lipinski definition) is 0. The van der Waals surface area contributed by atoms with Gasteiger partial charge < -0.3 is 0 Å². The van der Waals surface area contributed by atoms with Crippen LogP contribution in [0.2, 0.25) is 0 Å². The van der Waals surface area contributed by atoms with Crippen LogP contribution in [0.25, 0.3) is 0 Å². The molecule has 0 aliphatic heterocycles. The van der Waals surface area contributed by atoms with E-state index in [1.165, 1.54) is 32.1 Å². The van der Waals surface area contributed by atoms with Crippen molar-refractivity contribution in [2.24, 2.45) is 12.5 Å². The molecule has 1 fully saturated rings. The lowest BCUT2D eigenvalue weighted by Gasteiger charge is -2.27. The summed E-state index contributed by atoms with van der Waals surface area (Å²) >= 11 is 0. The largest absolute Gasteiger partial charge is 0.255 e. The Morgan fingerprint density at radius 2 is 1.94 bits per heavy atom. The number of aryl methyl sites for hydroxylation is 1. The number of hydrogen-bond acceptors (Lipinski definition) is 3. The van der Waals surface area contributed by atoms with E-state index in [9.17, 15) is 5.26 Å². The van der Waals surface area contributed by atoms with Crippen molar-refractivity contribution in [1.29, 1.82) is 5.26 Å². The average Bonchev–Trinajstić information content (AvgIpc) is 2.68. The Bertz CT molecular complexity index is 394. The maximum absolute atomic E-state index is 9.52. The normalized spacial score (nSPS) is 20.2. The van der Waals surface area contributed by atoms with Gasteiger partial charge in [0.1, 0.15) is 0 Å². The van der Waals surface area contributed by atoms with E-state index in [2.05, 4.69) is 16.4 Å². The van der Waals surface area contributed by atoms with Gasteiger partial charge in [0.2, 0.25) is 0 Å². The summed E-state index contributed by atoms with van der Waals surface area (Å²) in [5.41, 5.74) is 0.755. The van der Waals surface area contributed by atoms with Crippen molar-refractivity contribution in [3.63, 3.8) is 0 Å². The van der Waals surface area contributed by atoms with Gasteiger partial charge in [-0.15, -0.1) is 5.10 Å². The second-order valence-corrected chi connectivity index (χ2v) is 5.22. The second-order valence-electron chi connectivity index (χ2n) is 5.22. The van der Waals surface area contributed by atoms with E-state index in [0.717, 1.165) is 25.0 Å². The van der Waals surface area contributed by atoms with Crippen LogP contribution in [0.4, 0.5) is 0 Å². The molecule has 1 saturated carbocycles. The second kappa shape index (κ2) is 5.31. The van der Waals surface area contributed by atoms with Gasteiger partial charge in [0.05, 0.1) is 17.2 Å². The third kappa shape index (κ3) is 3.06. The Morgan fingerprint density at radius 3 is 2.47 bits per heavy atom. The summed E-state index contributed by atoms with van der Waals surface area (Å²) < 4.78 is 1.71. The molecule has 2 rings (SSSR count). The van der Waals surface area contributed by atoms with E-state index in [0.29, 0.717) is 0 Å². The Balaban J connectivity index is 2.09. The summed E-state index contributed by atoms with van der Waals surface area (Å²) in [6.07, 6.45) is 10.9. The topological polar surface area (TPSA) is 54.5 Å². The first-order valence-electron chi connectivity index (χ1n) is 6.51. The SMILES string of the molecule is Cn1cc(CC2(C#N)CCCCCCC2)nn1. The summed E-state index contributed by atoms with van der Waals surface area (Å²) in [5.74, 6) is 0. The molecule has 4 nitrogen and oxygen atoms in total. The van der Waals surface area contributed by atoms with Gasteiger partial charge in [-0.2, -0.15) is 5.26 Å². The maximum atomic E-state index is 9.52. The molecule has 0 spiro atoms. The molecule has 17 heavy (non-hydrogen) atoms. The van der Waals surface area contributed by atoms with Gasteiger partial charge in [-0.3, -0.25) is 4.68 Å². The van der Waals surface area contributed by atoms with Crippen molar-refractivity contribution < 1.29 is 0 Å². The van der Waals surface area contributed by atoms with Crippen LogP contribution in [0.1, 0.15) is 50.6 Å². The first-order valence-corrected chi connectivity index (χ1v) is 6.51. The van der Waals surface area contributed by atoms with Gasteiger partial charge in [-0.05, 0) is 12.8 Å². The summed E-state index contributed by atoms with van der Waals surface area (Å²) in [6, 6.07) is 2.57. The van der Waals surface area contributed by atoms with Crippen molar-refractivity contribution in [2.75, 3.05) is 0 Å². The highest BCUT2D eigenvalue weighted by atomic mass is 15.4. The van der Waals surface area contributed by atoms with Gasteiger partial charge in [0.15, 0.2) is 0 Å². The highest BCUT2D eigenvalue weighted by Gasteiger charge is 2.31. The van der Waals surface area contributed by atoms with Gasteiger partial charge in [0.25, 0.3) is 0 Å². The zero-order chi connectivity index (χ0) is 12.1. The number of rotatable bonds is 2. The standard InChI is InChI=1S/C13H20N4/c1-17-10-12(15-16-17)9-13(11-14)7-5-3-2-4-6-8-13/h10H,2-9H2,1H3. The quantitative estimate of drug-likeness (QED) is 0.787. The average molecular weight is 232 g/mol. The Kier molecular flexibility index (Phi) is 3.78. The summed E-state index contributed by atoms with van der Waals surface area (Å²) in [4.78, 5) is 0. The predicted octanol–water partition coefficient (Wildman–Crippen LogP) is 2.61.